The number of fused-ring (bicyclic) bond motifs is 2. The first-order chi connectivity index (χ1) is 7.24. The predicted molar refractivity (Wildman–Crippen MR) is 57.8 cm³/mol. The topological polar surface area (TPSA) is 30.0 Å². The molecule has 78 valence electrons. The second kappa shape index (κ2) is 3.31. The van der Waals surface area contributed by atoms with Crippen molar-refractivity contribution in [2.24, 2.45) is 11.8 Å². The summed E-state index contributed by atoms with van der Waals surface area (Å²) in [6.45, 7) is 0. The summed E-state index contributed by atoms with van der Waals surface area (Å²) in [5.74, 6) is 1.90. The Kier molecular flexibility index (Phi) is 2.06. The highest BCUT2D eigenvalue weighted by molar-refractivity contribution is 6.29. The molecule has 3 atom stereocenters. The van der Waals surface area contributed by atoms with Crippen LogP contribution in [-0.4, -0.2) is 10.8 Å². The van der Waals surface area contributed by atoms with Crippen molar-refractivity contribution in [3.05, 3.63) is 29.0 Å². The minimum Gasteiger partial charge on any atom is -0.299 e. The lowest BCUT2D eigenvalue weighted by atomic mass is 9.84. The van der Waals surface area contributed by atoms with Crippen molar-refractivity contribution >= 4 is 17.4 Å². The number of carbonyl (C=O) groups is 1. The highest BCUT2D eigenvalue weighted by atomic mass is 35.5. The van der Waals surface area contributed by atoms with Crippen molar-refractivity contribution in [2.75, 3.05) is 0 Å². The summed E-state index contributed by atoms with van der Waals surface area (Å²) >= 11 is 5.76. The average Bonchev–Trinajstić information content (AvgIpc) is 2.77. The van der Waals surface area contributed by atoms with Gasteiger partial charge in [0.1, 0.15) is 10.9 Å². The molecule has 0 saturated heterocycles. The summed E-state index contributed by atoms with van der Waals surface area (Å²) in [4.78, 5) is 15.5. The molecule has 0 aromatic carbocycles. The fraction of sp³-hybridized carbons (Fsp3) is 0.500. The molecule has 3 unspecified atom stereocenters. The maximum Gasteiger partial charge on any atom is 0.136 e. The van der Waals surface area contributed by atoms with Gasteiger partial charge in [0.2, 0.25) is 0 Å². The van der Waals surface area contributed by atoms with E-state index in [9.17, 15) is 4.79 Å². The van der Waals surface area contributed by atoms with E-state index in [4.69, 9.17) is 11.6 Å². The van der Waals surface area contributed by atoms with Gasteiger partial charge in [0.25, 0.3) is 0 Å². The molecule has 1 aromatic rings. The number of ketones is 1. The van der Waals surface area contributed by atoms with Crippen LogP contribution < -0.4 is 0 Å². The largest absolute Gasteiger partial charge is 0.299 e. The third kappa shape index (κ3) is 1.48. The zero-order valence-electron chi connectivity index (χ0n) is 8.32. The minimum absolute atomic E-state index is 0.329. The molecule has 1 heterocycles. The molecule has 0 N–H and O–H groups in total. The van der Waals surface area contributed by atoms with E-state index in [-0.39, 0.29) is 0 Å². The average molecular weight is 222 g/mol. The van der Waals surface area contributed by atoms with E-state index in [0.29, 0.717) is 28.7 Å². The summed E-state index contributed by atoms with van der Waals surface area (Å²) in [6, 6.07) is 3.88. The lowest BCUT2D eigenvalue weighted by molar-refractivity contribution is -0.121. The molecule has 0 spiro atoms. The molecule has 2 saturated carbocycles. The van der Waals surface area contributed by atoms with Crippen LogP contribution in [0, 0.1) is 11.8 Å². The van der Waals surface area contributed by atoms with Gasteiger partial charge in [-0.15, -0.1) is 0 Å². The third-order valence-corrected chi connectivity index (χ3v) is 4.02. The van der Waals surface area contributed by atoms with Crippen LogP contribution in [-0.2, 0) is 4.79 Å². The number of aromatic nitrogens is 1. The van der Waals surface area contributed by atoms with Crippen molar-refractivity contribution in [1.82, 2.24) is 4.98 Å². The SMILES string of the molecule is O=C1CC2CC1CC2c1ccc(Cl)nc1. The van der Waals surface area contributed by atoms with Crippen LogP contribution in [0.2, 0.25) is 5.15 Å². The zero-order valence-corrected chi connectivity index (χ0v) is 9.07. The molecule has 3 rings (SSSR count). The second-order valence-corrected chi connectivity index (χ2v) is 5.01. The number of Topliss-reactive ketones (excluding diaryl/α,β-unsaturated/α-hetero) is 1. The van der Waals surface area contributed by atoms with Gasteiger partial charge in [-0.1, -0.05) is 17.7 Å². The molecule has 0 radical (unpaired) electrons. The number of halogens is 1. The fourth-order valence-corrected chi connectivity index (χ4v) is 3.17. The lowest BCUT2D eigenvalue weighted by Gasteiger charge is -2.20. The van der Waals surface area contributed by atoms with Crippen LogP contribution in [0.5, 0.6) is 0 Å². The van der Waals surface area contributed by atoms with Gasteiger partial charge >= 0.3 is 0 Å². The second-order valence-electron chi connectivity index (χ2n) is 4.62. The standard InChI is InChI=1S/C12H12ClNO/c13-12-2-1-7(6-14-12)10-4-9-3-8(10)5-11(9)15/h1-2,6,8-10H,3-5H2. The van der Waals surface area contributed by atoms with Gasteiger partial charge in [-0.25, -0.2) is 4.98 Å². The monoisotopic (exact) mass is 221 g/mol. The van der Waals surface area contributed by atoms with Gasteiger partial charge in [0, 0.05) is 18.5 Å². The summed E-state index contributed by atoms with van der Waals surface area (Å²) in [5, 5.41) is 0.540. The zero-order chi connectivity index (χ0) is 10.4. The molecular formula is C12H12ClNO. The summed E-state index contributed by atoms with van der Waals surface area (Å²) in [7, 11) is 0. The van der Waals surface area contributed by atoms with Crippen molar-refractivity contribution in [1.29, 1.82) is 0 Å². The predicted octanol–water partition coefficient (Wildman–Crippen LogP) is 2.82. The number of carbonyl (C=O) groups excluding carboxylic acids is 1. The molecular weight excluding hydrogens is 210 g/mol. The number of nitrogens with zero attached hydrogens (tertiary/aromatic N) is 1. The van der Waals surface area contributed by atoms with Gasteiger partial charge < -0.3 is 0 Å². The van der Waals surface area contributed by atoms with E-state index < -0.39 is 0 Å². The van der Waals surface area contributed by atoms with E-state index in [2.05, 4.69) is 4.98 Å². The van der Waals surface area contributed by atoms with Crippen LogP contribution in [0.1, 0.15) is 30.7 Å². The number of pyridine rings is 1. The van der Waals surface area contributed by atoms with Crippen LogP contribution >= 0.6 is 11.6 Å². The molecule has 1 aromatic heterocycles. The smallest absolute Gasteiger partial charge is 0.136 e. The Bertz CT molecular complexity index is 401. The van der Waals surface area contributed by atoms with E-state index in [1.54, 1.807) is 0 Å². The fourth-order valence-electron chi connectivity index (χ4n) is 3.05. The Morgan fingerprint density at radius 1 is 1.33 bits per heavy atom. The summed E-state index contributed by atoms with van der Waals surface area (Å²) < 4.78 is 0. The highest BCUT2D eigenvalue weighted by Gasteiger charge is 2.45. The summed E-state index contributed by atoms with van der Waals surface area (Å²) in [5.41, 5.74) is 1.25. The minimum atomic E-state index is 0.329. The lowest BCUT2D eigenvalue weighted by Crippen LogP contribution is -2.15. The van der Waals surface area contributed by atoms with Crippen molar-refractivity contribution in [2.45, 2.75) is 25.2 Å². The Hall–Kier alpha value is -0.890. The van der Waals surface area contributed by atoms with Crippen LogP contribution in [0.3, 0.4) is 0 Å². The van der Waals surface area contributed by atoms with Gasteiger partial charge in [-0.2, -0.15) is 0 Å². The Labute approximate surface area is 93.7 Å². The maximum absolute atomic E-state index is 11.4. The molecule has 2 bridgehead atoms. The highest BCUT2D eigenvalue weighted by Crippen LogP contribution is 2.50. The van der Waals surface area contributed by atoms with Gasteiger partial charge in [0.05, 0.1) is 0 Å². The number of rotatable bonds is 1. The molecule has 0 amide bonds. The van der Waals surface area contributed by atoms with Crippen LogP contribution in [0.4, 0.5) is 0 Å². The molecule has 2 aliphatic rings. The molecule has 15 heavy (non-hydrogen) atoms. The third-order valence-electron chi connectivity index (χ3n) is 3.79. The Morgan fingerprint density at radius 3 is 2.73 bits per heavy atom. The van der Waals surface area contributed by atoms with Crippen molar-refractivity contribution < 1.29 is 4.79 Å². The first kappa shape index (κ1) is 9.34. The number of hydrogen-bond donors (Lipinski definition) is 0. The van der Waals surface area contributed by atoms with Gasteiger partial charge in [-0.3, -0.25) is 4.79 Å². The summed E-state index contributed by atoms with van der Waals surface area (Å²) in [6.07, 6.45) is 4.75. The first-order valence-electron chi connectivity index (χ1n) is 5.38. The van der Waals surface area contributed by atoms with E-state index in [1.165, 1.54) is 5.56 Å². The molecule has 0 aliphatic heterocycles. The van der Waals surface area contributed by atoms with Crippen molar-refractivity contribution in [3.63, 3.8) is 0 Å². The van der Waals surface area contributed by atoms with Crippen LogP contribution in [0.15, 0.2) is 18.3 Å². The quantitative estimate of drug-likeness (QED) is 0.683. The molecule has 3 heteroatoms. The normalized spacial score (nSPS) is 33.7. The molecule has 2 fully saturated rings. The van der Waals surface area contributed by atoms with Crippen LogP contribution in [0.25, 0.3) is 0 Å². The van der Waals surface area contributed by atoms with E-state index in [0.717, 1.165) is 19.3 Å². The Balaban J connectivity index is 1.85. The van der Waals surface area contributed by atoms with E-state index >= 15 is 0 Å². The van der Waals surface area contributed by atoms with Gasteiger partial charge in [0.15, 0.2) is 0 Å². The molecule has 2 nitrogen and oxygen atoms in total. The maximum atomic E-state index is 11.4. The van der Waals surface area contributed by atoms with Crippen molar-refractivity contribution in [3.8, 4) is 0 Å². The first-order valence-corrected chi connectivity index (χ1v) is 5.76. The Morgan fingerprint density at radius 2 is 2.20 bits per heavy atom. The van der Waals surface area contributed by atoms with E-state index in [1.807, 2.05) is 18.3 Å². The number of hydrogen-bond acceptors (Lipinski definition) is 2. The van der Waals surface area contributed by atoms with Gasteiger partial charge in [-0.05, 0) is 36.3 Å². The molecule has 2 aliphatic carbocycles.